The van der Waals surface area contributed by atoms with Crippen molar-refractivity contribution in [2.75, 3.05) is 25.0 Å². The number of anilines is 1. The fourth-order valence-electron chi connectivity index (χ4n) is 3.28. The molecule has 140 valence electrons. The molecule has 27 heavy (non-hydrogen) atoms. The van der Waals surface area contributed by atoms with Gasteiger partial charge in [0.1, 0.15) is 6.10 Å². The first kappa shape index (κ1) is 17.6. The van der Waals surface area contributed by atoms with Crippen LogP contribution in [0, 0.1) is 11.6 Å². The second-order valence-corrected chi connectivity index (χ2v) is 6.58. The molecule has 1 aliphatic rings. The van der Waals surface area contributed by atoms with E-state index in [1.54, 1.807) is 0 Å². The first-order valence-electron chi connectivity index (χ1n) is 8.75. The zero-order valence-corrected chi connectivity index (χ0v) is 14.5. The summed E-state index contributed by atoms with van der Waals surface area (Å²) in [6.07, 6.45) is 0.893. The van der Waals surface area contributed by atoms with Gasteiger partial charge in [-0.15, -0.1) is 0 Å². The SMILES string of the molecule is O=C(Nc1c[nH]c2cc(F)c(F)cc12)C1CN(Cc2ccccc2)CCO1. The van der Waals surface area contributed by atoms with Gasteiger partial charge in [-0.3, -0.25) is 9.69 Å². The van der Waals surface area contributed by atoms with Gasteiger partial charge >= 0.3 is 0 Å². The number of morpholine rings is 1. The van der Waals surface area contributed by atoms with Crippen molar-refractivity contribution in [2.45, 2.75) is 12.6 Å². The van der Waals surface area contributed by atoms with Crippen LogP contribution in [0.2, 0.25) is 0 Å². The molecule has 0 radical (unpaired) electrons. The Bertz CT molecular complexity index is 959. The van der Waals surface area contributed by atoms with E-state index in [0.29, 0.717) is 29.7 Å². The first-order valence-corrected chi connectivity index (χ1v) is 8.75. The Morgan fingerprint density at radius 1 is 1.22 bits per heavy atom. The summed E-state index contributed by atoms with van der Waals surface area (Å²) in [6, 6.07) is 12.2. The Morgan fingerprint density at radius 3 is 2.81 bits per heavy atom. The Balaban J connectivity index is 1.44. The van der Waals surface area contributed by atoms with E-state index in [-0.39, 0.29) is 5.91 Å². The van der Waals surface area contributed by atoms with E-state index < -0.39 is 17.7 Å². The molecule has 2 heterocycles. The van der Waals surface area contributed by atoms with Crippen LogP contribution in [0.4, 0.5) is 14.5 Å². The molecule has 4 rings (SSSR count). The number of aromatic nitrogens is 1. The van der Waals surface area contributed by atoms with Crippen molar-refractivity contribution in [1.29, 1.82) is 0 Å². The van der Waals surface area contributed by atoms with Crippen molar-refractivity contribution in [2.24, 2.45) is 0 Å². The molecule has 0 spiro atoms. The van der Waals surface area contributed by atoms with Crippen LogP contribution in [0.25, 0.3) is 10.9 Å². The highest BCUT2D eigenvalue weighted by atomic mass is 19.2. The lowest BCUT2D eigenvalue weighted by Crippen LogP contribution is -2.47. The summed E-state index contributed by atoms with van der Waals surface area (Å²) in [6.45, 7) is 2.41. The normalized spacial score (nSPS) is 17.9. The van der Waals surface area contributed by atoms with Crippen molar-refractivity contribution < 1.29 is 18.3 Å². The second-order valence-electron chi connectivity index (χ2n) is 6.58. The lowest BCUT2D eigenvalue weighted by atomic mass is 10.1. The summed E-state index contributed by atoms with van der Waals surface area (Å²) in [5.74, 6) is -2.20. The third-order valence-corrected chi connectivity index (χ3v) is 4.67. The zero-order chi connectivity index (χ0) is 18.8. The molecule has 3 aromatic rings. The number of nitrogens with one attached hydrogen (secondary N) is 2. The number of halogens is 2. The first-order chi connectivity index (χ1) is 13.1. The highest BCUT2D eigenvalue weighted by Gasteiger charge is 2.27. The maximum Gasteiger partial charge on any atom is 0.254 e. The summed E-state index contributed by atoms with van der Waals surface area (Å²) >= 11 is 0. The van der Waals surface area contributed by atoms with Crippen LogP contribution >= 0.6 is 0 Å². The van der Waals surface area contributed by atoms with Crippen LogP contribution in [0.15, 0.2) is 48.7 Å². The van der Waals surface area contributed by atoms with E-state index >= 15 is 0 Å². The van der Waals surface area contributed by atoms with E-state index in [1.165, 1.54) is 11.8 Å². The molecular formula is C20H19F2N3O2. The molecule has 1 unspecified atom stereocenters. The number of amides is 1. The average molecular weight is 371 g/mol. The van der Waals surface area contributed by atoms with Crippen LogP contribution in [-0.2, 0) is 16.1 Å². The van der Waals surface area contributed by atoms with Gasteiger partial charge in [0.05, 0.1) is 17.8 Å². The Morgan fingerprint density at radius 2 is 2.00 bits per heavy atom. The highest BCUT2D eigenvalue weighted by molar-refractivity contribution is 6.03. The van der Waals surface area contributed by atoms with Gasteiger partial charge in [-0.2, -0.15) is 0 Å². The quantitative estimate of drug-likeness (QED) is 0.740. The Kier molecular flexibility index (Phi) is 4.87. The van der Waals surface area contributed by atoms with Gasteiger partial charge in [0.15, 0.2) is 11.6 Å². The van der Waals surface area contributed by atoms with Gasteiger partial charge < -0.3 is 15.0 Å². The maximum absolute atomic E-state index is 13.5. The number of carbonyl (C=O) groups excluding carboxylic acids is 1. The summed E-state index contributed by atoms with van der Waals surface area (Å²) < 4.78 is 32.5. The van der Waals surface area contributed by atoms with Crippen LogP contribution < -0.4 is 5.32 Å². The van der Waals surface area contributed by atoms with Crippen molar-refractivity contribution in [3.8, 4) is 0 Å². The lowest BCUT2D eigenvalue weighted by Gasteiger charge is -2.32. The minimum atomic E-state index is -0.958. The van der Waals surface area contributed by atoms with Gasteiger partial charge in [0.25, 0.3) is 5.91 Å². The molecule has 5 nitrogen and oxygen atoms in total. The number of benzene rings is 2. The Hall–Kier alpha value is -2.77. The molecule has 1 atom stereocenters. The molecule has 0 aliphatic carbocycles. The molecule has 2 aromatic carbocycles. The number of aromatic amines is 1. The van der Waals surface area contributed by atoms with Gasteiger partial charge in [-0.25, -0.2) is 8.78 Å². The van der Waals surface area contributed by atoms with Crippen LogP contribution in [-0.4, -0.2) is 41.6 Å². The molecule has 1 saturated heterocycles. The minimum Gasteiger partial charge on any atom is -0.366 e. The van der Waals surface area contributed by atoms with E-state index in [4.69, 9.17) is 4.74 Å². The second kappa shape index (κ2) is 7.46. The summed E-state index contributed by atoms with van der Waals surface area (Å²) in [4.78, 5) is 17.6. The van der Waals surface area contributed by atoms with Gasteiger partial charge in [-0.1, -0.05) is 30.3 Å². The number of fused-ring (bicyclic) bond motifs is 1. The number of H-pyrrole nitrogens is 1. The largest absolute Gasteiger partial charge is 0.366 e. The fourth-order valence-corrected chi connectivity index (χ4v) is 3.28. The Labute approximate surface area is 154 Å². The maximum atomic E-state index is 13.5. The monoisotopic (exact) mass is 371 g/mol. The molecule has 1 amide bonds. The molecule has 1 fully saturated rings. The molecule has 0 saturated carbocycles. The predicted molar refractivity (Wildman–Crippen MR) is 98.3 cm³/mol. The molecule has 2 N–H and O–H groups in total. The van der Waals surface area contributed by atoms with Crippen molar-refractivity contribution >= 4 is 22.5 Å². The molecule has 0 bridgehead atoms. The smallest absolute Gasteiger partial charge is 0.254 e. The topological polar surface area (TPSA) is 57.4 Å². The van der Waals surface area contributed by atoms with E-state index in [1.807, 2.05) is 30.3 Å². The van der Waals surface area contributed by atoms with Crippen molar-refractivity contribution in [1.82, 2.24) is 9.88 Å². The van der Waals surface area contributed by atoms with Gasteiger partial charge in [0.2, 0.25) is 0 Å². The minimum absolute atomic E-state index is 0.307. The summed E-state index contributed by atoms with van der Waals surface area (Å²) in [7, 11) is 0. The fraction of sp³-hybridized carbons (Fsp3) is 0.250. The molecular weight excluding hydrogens is 352 g/mol. The number of nitrogens with zero attached hydrogens (tertiary/aromatic N) is 1. The zero-order valence-electron chi connectivity index (χ0n) is 14.5. The predicted octanol–water partition coefficient (Wildman–Crippen LogP) is 3.29. The average Bonchev–Trinajstić information content (AvgIpc) is 3.05. The van der Waals surface area contributed by atoms with Crippen LogP contribution in [0.1, 0.15) is 5.56 Å². The van der Waals surface area contributed by atoms with Crippen molar-refractivity contribution in [3.05, 3.63) is 65.9 Å². The van der Waals surface area contributed by atoms with Crippen LogP contribution in [0.3, 0.4) is 0 Å². The number of ether oxygens (including phenoxy) is 1. The van der Waals surface area contributed by atoms with Gasteiger partial charge in [-0.05, 0) is 11.6 Å². The van der Waals surface area contributed by atoms with Crippen molar-refractivity contribution in [3.63, 3.8) is 0 Å². The number of hydrogen-bond donors (Lipinski definition) is 2. The standard InChI is InChI=1S/C20H19F2N3O2/c21-15-8-14-17(9-16(15)22)23-10-18(14)24-20(26)19-12-25(6-7-27-19)11-13-4-2-1-3-5-13/h1-5,8-10,19,23H,6-7,11-12H2,(H,24,26). The number of hydrogen-bond acceptors (Lipinski definition) is 3. The molecule has 1 aliphatic heterocycles. The molecule has 1 aromatic heterocycles. The van der Waals surface area contributed by atoms with E-state index in [2.05, 4.69) is 15.2 Å². The van der Waals surface area contributed by atoms with E-state index in [9.17, 15) is 13.6 Å². The van der Waals surface area contributed by atoms with Gasteiger partial charge in [0, 0.05) is 37.3 Å². The lowest BCUT2D eigenvalue weighted by molar-refractivity contribution is -0.133. The van der Waals surface area contributed by atoms with E-state index in [0.717, 1.165) is 25.2 Å². The van der Waals surface area contributed by atoms with Crippen LogP contribution in [0.5, 0.6) is 0 Å². The third kappa shape index (κ3) is 3.84. The summed E-state index contributed by atoms with van der Waals surface area (Å²) in [5.41, 5.74) is 1.99. The molecule has 7 heteroatoms. The third-order valence-electron chi connectivity index (χ3n) is 4.67. The summed E-state index contributed by atoms with van der Waals surface area (Å²) in [5, 5.41) is 3.17. The highest BCUT2D eigenvalue weighted by Crippen LogP contribution is 2.26. The number of carbonyl (C=O) groups is 1. The number of rotatable bonds is 4.